The molecule has 1 aliphatic rings. The maximum atomic E-state index is 11.6. The van der Waals surface area contributed by atoms with Gasteiger partial charge in [-0.05, 0) is 53.1 Å². The molecule has 14 heavy (non-hydrogen) atoms. The van der Waals surface area contributed by atoms with Crippen molar-refractivity contribution < 1.29 is 4.79 Å². The highest BCUT2D eigenvalue weighted by Crippen LogP contribution is 2.26. The van der Waals surface area contributed by atoms with Crippen molar-refractivity contribution in [1.29, 1.82) is 5.26 Å². The van der Waals surface area contributed by atoms with Crippen molar-refractivity contribution in [2.24, 2.45) is 0 Å². The van der Waals surface area contributed by atoms with Crippen molar-refractivity contribution in [3.05, 3.63) is 32.4 Å². The van der Waals surface area contributed by atoms with Crippen LogP contribution in [0.25, 0.3) is 0 Å². The Balaban J connectivity index is 2.64. The second-order valence-corrected chi connectivity index (χ2v) is 4.54. The minimum absolute atomic E-state index is 0.222. The van der Waals surface area contributed by atoms with Gasteiger partial charge in [0, 0.05) is 15.6 Å². The predicted octanol–water partition coefficient (Wildman–Crippen LogP) is 2.68. The van der Waals surface area contributed by atoms with E-state index in [0.29, 0.717) is 12.0 Å². The third kappa shape index (κ3) is 1.55. The molecule has 0 aromatic heterocycles. The summed E-state index contributed by atoms with van der Waals surface area (Å²) in [6.45, 7) is 0. The van der Waals surface area contributed by atoms with Gasteiger partial charge in [-0.15, -0.1) is 0 Å². The van der Waals surface area contributed by atoms with E-state index in [1.165, 1.54) is 0 Å². The fourth-order valence-electron chi connectivity index (χ4n) is 1.80. The smallest absolute Gasteiger partial charge is 0.164 e. The van der Waals surface area contributed by atoms with E-state index in [0.717, 1.165) is 27.5 Å². The number of nitriles is 1. The molecule has 0 aliphatic heterocycles. The van der Waals surface area contributed by atoms with Gasteiger partial charge in [0.15, 0.2) is 5.78 Å². The number of aryl methyl sites for hydroxylation is 1. The number of rotatable bonds is 0. The first-order valence-electron chi connectivity index (χ1n) is 4.48. The highest BCUT2D eigenvalue weighted by molar-refractivity contribution is 14.1. The lowest BCUT2D eigenvalue weighted by atomic mass is 9.89. The van der Waals surface area contributed by atoms with Gasteiger partial charge in [-0.1, -0.05) is 0 Å². The quantitative estimate of drug-likeness (QED) is 0.691. The molecule has 0 radical (unpaired) electrons. The molecule has 0 unspecified atom stereocenters. The Morgan fingerprint density at radius 3 is 2.86 bits per heavy atom. The van der Waals surface area contributed by atoms with Crippen molar-refractivity contribution in [2.75, 3.05) is 0 Å². The van der Waals surface area contributed by atoms with Crippen molar-refractivity contribution in [3.63, 3.8) is 0 Å². The van der Waals surface area contributed by atoms with Crippen molar-refractivity contribution >= 4 is 28.4 Å². The van der Waals surface area contributed by atoms with Crippen molar-refractivity contribution in [1.82, 2.24) is 0 Å². The van der Waals surface area contributed by atoms with Crippen molar-refractivity contribution in [3.8, 4) is 6.07 Å². The Bertz CT molecular complexity index is 445. The van der Waals surface area contributed by atoms with Crippen LogP contribution in [0.1, 0.15) is 34.3 Å². The number of ketones is 1. The zero-order chi connectivity index (χ0) is 10.1. The molecule has 0 atom stereocenters. The molecule has 1 aromatic carbocycles. The second kappa shape index (κ2) is 3.70. The molecular weight excluding hydrogens is 289 g/mol. The van der Waals surface area contributed by atoms with Crippen LogP contribution in [0, 0.1) is 14.9 Å². The summed E-state index contributed by atoms with van der Waals surface area (Å²) < 4.78 is 0.918. The van der Waals surface area contributed by atoms with Crippen LogP contribution in [0.4, 0.5) is 0 Å². The van der Waals surface area contributed by atoms with Crippen LogP contribution in [0.15, 0.2) is 12.1 Å². The molecule has 0 heterocycles. The number of halogens is 1. The number of hydrogen-bond acceptors (Lipinski definition) is 2. The fourth-order valence-corrected chi connectivity index (χ4v) is 2.78. The van der Waals surface area contributed by atoms with Crippen LogP contribution in [0.5, 0.6) is 0 Å². The monoisotopic (exact) mass is 297 g/mol. The predicted molar refractivity (Wildman–Crippen MR) is 61.1 cm³/mol. The minimum atomic E-state index is 0.222. The van der Waals surface area contributed by atoms with E-state index in [1.807, 2.05) is 6.07 Å². The van der Waals surface area contributed by atoms with Gasteiger partial charge in [0.05, 0.1) is 11.6 Å². The zero-order valence-electron chi connectivity index (χ0n) is 7.51. The van der Waals surface area contributed by atoms with Crippen LogP contribution >= 0.6 is 22.6 Å². The summed E-state index contributed by atoms with van der Waals surface area (Å²) in [5, 5.41) is 8.79. The maximum absolute atomic E-state index is 11.6. The first-order chi connectivity index (χ1) is 6.72. The molecule has 2 nitrogen and oxygen atoms in total. The largest absolute Gasteiger partial charge is 0.294 e. The van der Waals surface area contributed by atoms with Gasteiger partial charge in [0.1, 0.15) is 0 Å². The van der Waals surface area contributed by atoms with Gasteiger partial charge < -0.3 is 0 Å². The summed E-state index contributed by atoms with van der Waals surface area (Å²) >= 11 is 2.14. The molecule has 70 valence electrons. The average Bonchev–Trinajstić information content (AvgIpc) is 2.17. The molecule has 0 saturated carbocycles. The van der Waals surface area contributed by atoms with E-state index in [1.54, 1.807) is 6.07 Å². The van der Waals surface area contributed by atoms with Gasteiger partial charge in [-0.2, -0.15) is 5.26 Å². The summed E-state index contributed by atoms with van der Waals surface area (Å²) in [6, 6.07) is 5.74. The summed E-state index contributed by atoms with van der Waals surface area (Å²) in [6.07, 6.45) is 2.48. The summed E-state index contributed by atoms with van der Waals surface area (Å²) in [5.74, 6) is 0.222. The average molecular weight is 297 g/mol. The van der Waals surface area contributed by atoms with E-state index in [2.05, 4.69) is 28.7 Å². The highest BCUT2D eigenvalue weighted by atomic mass is 127. The van der Waals surface area contributed by atoms with E-state index in [9.17, 15) is 4.79 Å². The Labute approximate surface area is 96.1 Å². The van der Waals surface area contributed by atoms with E-state index in [-0.39, 0.29) is 5.78 Å². The topological polar surface area (TPSA) is 40.9 Å². The van der Waals surface area contributed by atoms with Gasteiger partial charge in [0.25, 0.3) is 0 Å². The Kier molecular flexibility index (Phi) is 2.55. The van der Waals surface area contributed by atoms with Crippen LogP contribution < -0.4 is 0 Å². The van der Waals surface area contributed by atoms with Crippen LogP contribution in [-0.4, -0.2) is 5.78 Å². The molecule has 0 N–H and O–H groups in total. The Morgan fingerprint density at radius 2 is 2.14 bits per heavy atom. The lowest BCUT2D eigenvalue weighted by Gasteiger charge is -2.16. The lowest BCUT2D eigenvalue weighted by molar-refractivity contribution is 0.0971. The van der Waals surface area contributed by atoms with Gasteiger partial charge in [-0.3, -0.25) is 4.79 Å². The first kappa shape index (κ1) is 9.66. The molecule has 1 aliphatic carbocycles. The molecule has 1 aromatic rings. The summed E-state index contributed by atoms with van der Waals surface area (Å²) in [4.78, 5) is 11.6. The fraction of sp³-hybridized carbons (Fsp3) is 0.273. The normalized spacial score (nSPS) is 14.7. The van der Waals surface area contributed by atoms with E-state index in [4.69, 9.17) is 5.26 Å². The number of fused-ring (bicyclic) bond motifs is 1. The van der Waals surface area contributed by atoms with Gasteiger partial charge in [0.2, 0.25) is 0 Å². The Hall–Kier alpha value is -0.890. The van der Waals surface area contributed by atoms with Gasteiger partial charge in [-0.25, -0.2) is 0 Å². The third-order valence-corrected chi connectivity index (χ3v) is 3.28. The first-order valence-corrected chi connectivity index (χ1v) is 5.56. The number of carbonyl (C=O) groups excluding carboxylic acids is 1. The van der Waals surface area contributed by atoms with Crippen LogP contribution in [0.2, 0.25) is 0 Å². The third-order valence-electron chi connectivity index (χ3n) is 2.43. The number of hydrogen-bond donors (Lipinski definition) is 0. The molecule has 3 heteroatoms. The van der Waals surface area contributed by atoms with Crippen LogP contribution in [-0.2, 0) is 6.42 Å². The second-order valence-electron chi connectivity index (χ2n) is 3.38. The molecule has 0 amide bonds. The number of nitrogens with zero attached hydrogens (tertiary/aromatic N) is 1. The summed E-state index contributed by atoms with van der Waals surface area (Å²) in [7, 11) is 0. The molecule has 2 rings (SSSR count). The molecule has 0 bridgehead atoms. The van der Waals surface area contributed by atoms with Crippen LogP contribution in [0.3, 0.4) is 0 Å². The lowest BCUT2D eigenvalue weighted by Crippen LogP contribution is -2.13. The zero-order valence-corrected chi connectivity index (χ0v) is 9.67. The summed E-state index contributed by atoms with van der Waals surface area (Å²) in [5.41, 5.74) is 2.54. The number of carbonyl (C=O) groups is 1. The SMILES string of the molecule is N#Cc1cc(I)c2c(c1)CCCC2=O. The van der Waals surface area contributed by atoms with Gasteiger partial charge >= 0.3 is 0 Å². The number of benzene rings is 1. The minimum Gasteiger partial charge on any atom is -0.294 e. The molecule has 0 spiro atoms. The van der Waals surface area contributed by atoms with E-state index >= 15 is 0 Å². The standard InChI is InChI=1S/C11H8INO/c12-9-5-7(6-13)4-8-2-1-3-10(14)11(8)9/h4-5H,1-3H2. The molecule has 0 saturated heterocycles. The highest BCUT2D eigenvalue weighted by Gasteiger charge is 2.20. The number of Topliss-reactive ketones (excluding diaryl/α,β-unsaturated/α-hetero) is 1. The molecule has 0 fully saturated rings. The molecular formula is C11H8INO. The van der Waals surface area contributed by atoms with Crippen molar-refractivity contribution in [2.45, 2.75) is 19.3 Å². The maximum Gasteiger partial charge on any atom is 0.164 e. The van der Waals surface area contributed by atoms with E-state index < -0.39 is 0 Å². The Morgan fingerprint density at radius 1 is 1.36 bits per heavy atom.